The largest absolute Gasteiger partial charge is 0.497 e. The van der Waals surface area contributed by atoms with Crippen LogP contribution in [0.1, 0.15) is 29.7 Å². The van der Waals surface area contributed by atoms with Gasteiger partial charge in [-0.1, -0.05) is 18.2 Å². The molecular formula is C28H23FN4O6S2. The average molecular weight is 595 g/mol. The molecule has 41 heavy (non-hydrogen) atoms. The Balaban J connectivity index is 2.09. The van der Waals surface area contributed by atoms with Gasteiger partial charge in [0.15, 0.2) is 9.84 Å². The molecule has 0 bridgehead atoms. The zero-order chi connectivity index (χ0) is 30.1. The average Bonchev–Trinajstić information content (AvgIpc) is 2.96. The summed E-state index contributed by atoms with van der Waals surface area (Å²) in [4.78, 5) is 14.4. The number of ether oxygens (including phenoxy) is 1. The first kappa shape index (κ1) is 29.3. The number of anilines is 1. The van der Waals surface area contributed by atoms with Crippen LogP contribution in [-0.2, 0) is 26.5 Å². The lowest BCUT2D eigenvalue weighted by atomic mass is 9.94. The first-order valence-corrected chi connectivity index (χ1v) is 15.2. The van der Waals surface area contributed by atoms with Crippen molar-refractivity contribution < 1.29 is 30.8 Å². The van der Waals surface area contributed by atoms with E-state index in [0.29, 0.717) is 10.1 Å². The van der Waals surface area contributed by atoms with E-state index in [2.05, 4.69) is 0 Å². The van der Waals surface area contributed by atoms with E-state index >= 15 is 0 Å². The smallest absolute Gasteiger partial charge is 0.343 e. The second-order valence-electron chi connectivity index (χ2n) is 9.05. The van der Waals surface area contributed by atoms with Crippen LogP contribution in [0.5, 0.6) is 5.75 Å². The molecule has 10 nitrogen and oxygen atoms in total. The molecular weight excluding hydrogens is 571 g/mol. The minimum absolute atomic E-state index is 0.0171. The third-order valence-electron chi connectivity index (χ3n) is 6.51. The summed E-state index contributed by atoms with van der Waals surface area (Å²) in [6.07, 6.45) is 0.872. The van der Waals surface area contributed by atoms with Crippen molar-refractivity contribution in [2.75, 3.05) is 18.3 Å². The maximum atomic E-state index is 14.2. The molecule has 0 saturated heterocycles. The van der Waals surface area contributed by atoms with E-state index in [4.69, 9.17) is 4.74 Å². The Hall–Kier alpha value is -4.72. The van der Waals surface area contributed by atoms with Crippen molar-refractivity contribution in [2.45, 2.75) is 29.4 Å². The fourth-order valence-electron chi connectivity index (χ4n) is 4.55. The molecule has 0 aromatic heterocycles. The van der Waals surface area contributed by atoms with Crippen LogP contribution in [0, 0.1) is 22.7 Å². The van der Waals surface area contributed by atoms with Crippen molar-refractivity contribution in [2.24, 2.45) is 0 Å². The Morgan fingerprint density at radius 3 is 2.22 bits per heavy atom. The number of methoxy groups -OCH3 is 1. The molecule has 1 heterocycles. The second kappa shape index (κ2) is 11.0. The third kappa shape index (κ3) is 5.25. The molecule has 13 heteroatoms. The molecule has 0 spiro atoms. The molecule has 4 rings (SSSR count). The monoisotopic (exact) mass is 594 g/mol. The van der Waals surface area contributed by atoms with Crippen LogP contribution in [0.3, 0.4) is 0 Å². The summed E-state index contributed by atoms with van der Waals surface area (Å²) < 4.78 is 73.1. The van der Waals surface area contributed by atoms with Crippen LogP contribution in [0.25, 0.3) is 0 Å². The number of urea groups is 1. The Labute approximate surface area is 237 Å². The van der Waals surface area contributed by atoms with Gasteiger partial charge in [0.05, 0.1) is 45.9 Å². The Morgan fingerprint density at radius 1 is 0.976 bits per heavy atom. The number of carbonyl (C=O) groups excluding carboxylic acids is 1. The quantitative estimate of drug-likeness (QED) is 0.385. The van der Waals surface area contributed by atoms with E-state index in [1.807, 2.05) is 12.1 Å². The van der Waals surface area contributed by atoms with E-state index in [0.717, 1.165) is 17.2 Å². The number of hydrogen-bond donors (Lipinski definition) is 0. The van der Waals surface area contributed by atoms with Crippen molar-refractivity contribution in [3.8, 4) is 17.9 Å². The van der Waals surface area contributed by atoms with Crippen LogP contribution in [0.4, 0.5) is 14.9 Å². The van der Waals surface area contributed by atoms with Crippen molar-refractivity contribution in [1.82, 2.24) is 4.31 Å². The first-order chi connectivity index (χ1) is 19.4. The second-order valence-corrected chi connectivity index (χ2v) is 12.8. The molecule has 3 aromatic rings. The van der Waals surface area contributed by atoms with Gasteiger partial charge in [0.25, 0.3) is 10.0 Å². The molecule has 210 valence electrons. The molecule has 0 radical (unpaired) electrons. The number of allylic oxidation sites excluding steroid dienone is 1. The van der Waals surface area contributed by atoms with E-state index in [1.54, 1.807) is 0 Å². The molecule has 0 fully saturated rings. The van der Waals surface area contributed by atoms with Crippen LogP contribution in [0.15, 0.2) is 87.8 Å². The summed E-state index contributed by atoms with van der Waals surface area (Å²) in [5.74, 6) is 0.343. The molecule has 0 unspecified atom stereocenters. The number of sulfonamides is 1. The van der Waals surface area contributed by atoms with Gasteiger partial charge in [-0.25, -0.2) is 30.3 Å². The molecule has 1 aliphatic heterocycles. The van der Waals surface area contributed by atoms with Crippen LogP contribution >= 0.6 is 0 Å². The van der Waals surface area contributed by atoms with E-state index in [-0.39, 0.29) is 38.5 Å². The third-order valence-corrected chi connectivity index (χ3v) is 9.41. The van der Waals surface area contributed by atoms with Crippen molar-refractivity contribution >= 4 is 31.6 Å². The zero-order valence-electron chi connectivity index (χ0n) is 22.1. The fourth-order valence-corrected chi connectivity index (χ4v) is 6.99. The van der Waals surface area contributed by atoms with E-state index in [9.17, 15) is 36.5 Å². The van der Waals surface area contributed by atoms with Gasteiger partial charge in [0, 0.05) is 12.0 Å². The van der Waals surface area contributed by atoms with Gasteiger partial charge >= 0.3 is 6.03 Å². The number of nitrogens with zero attached hydrogens (tertiary/aromatic N) is 4. The number of hydrogen-bond acceptors (Lipinski definition) is 8. The summed E-state index contributed by atoms with van der Waals surface area (Å²) in [5, 5.41) is 19.7. The predicted octanol–water partition coefficient (Wildman–Crippen LogP) is 4.61. The van der Waals surface area contributed by atoms with E-state index < -0.39 is 43.5 Å². The molecule has 0 saturated carbocycles. The van der Waals surface area contributed by atoms with Crippen LogP contribution in [0.2, 0.25) is 0 Å². The van der Waals surface area contributed by atoms with Gasteiger partial charge in [-0.05, 0) is 66.6 Å². The lowest BCUT2D eigenvalue weighted by Gasteiger charge is -2.41. The van der Waals surface area contributed by atoms with E-state index in [1.165, 1.54) is 74.7 Å². The maximum absolute atomic E-state index is 14.2. The predicted molar refractivity (Wildman–Crippen MR) is 146 cm³/mol. The summed E-state index contributed by atoms with van der Waals surface area (Å²) in [6, 6.07) is 15.4. The van der Waals surface area contributed by atoms with Gasteiger partial charge < -0.3 is 4.74 Å². The number of rotatable bonds is 7. The fraction of sp³-hybridized carbons (Fsp3) is 0.179. The Bertz CT molecular complexity index is 1880. The number of carbonyl (C=O) groups is 1. The summed E-state index contributed by atoms with van der Waals surface area (Å²) in [6.45, 7) is 0.551. The van der Waals surface area contributed by atoms with Gasteiger partial charge in [0.2, 0.25) is 0 Å². The molecule has 3 aromatic carbocycles. The number of amides is 2. The molecule has 1 aliphatic rings. The minimum Gasteiger partial charge on any atom is -0.497 e. The highest BCUT2D eigenvalue weighted by Crippen LogP contribution is 2.44. The highest BCUT2D eigenvalue weighted by Gasteiger charge is 2.48. The summed E-state index contributed by atoms with van der Waals surface area (Å²) >= 11 is 0. The van der Waals surface area contributed by atoms with Crippen LogP contribution in [-0.4, -0.2) is 40.5 Å². The molecule has 2 amide bonds. The topological polar surface area (TPSA) is 149 Å². The molecule has 0 N–H and O–H groups in total. The lowest BCUT2D eigenvalue weighted by molar-refractivity contribution is 0.220. The number of benzene rings is 3. The molecule has 1 atom stereocenters. The highest BCUT2D eigenvalue weighted by molar-refractivity contribution is 7.91. The van der Waals surface area contributed by atoms with Gasteiger partial charge in [-0.15, -0.1) is 0 Å². The molecule has 0 aliphatic carbocycles. The van der Waals surface area contributed by atoms with Gasteiger partial charge in [-0.3, -0.25) is 4.90 Å². The Kier molecular flexibility index (Phi) is 7.88. The van der Waals surface area contributed by atoms with Gasteiger partial charge in [0.1, 0.15) is 18.5 Å². The normalized spacial score (nSPS) is 15.9. The van der Waals surface area contributed by atoms with Crippen molar-refractivity contribution in [3.63, 3.8) is 0 Å². The van der Waals surface area contributed by atoms with Crippen molar-refractivity contribution in [1.29, 1.82) is 10.5 Å². The zero-order valence-corrected chi connectivity index (χ0v) is 23.7. The number of sulfone groups is 1. The maximum Gasteiger partial charge on any atom is 0.343 e. The number of nitriles is 2. The summed E-state index contributed by atoms with van der Waals surface area (Å²) in [5.41, 5.74) is -0.133. The lowest BCUT2D eigenvalue weighted by Crippen LogP contribution is -2.52. The first-order valence-electron chi connectivity index (χ1n) is 11.9. The summed E-state index contributed by atoms with van der Waals surface area (Å²) in [7, 11) is -7.46. The highest BCUT2D eigenvalue weighted by atomic mass is 32.2. The number of alkyl halides is 1. The minimum atomic E-state index is -4.77. The Morgan fingerprint density at radius 2 is 1.66 bits per heavy atom. The standard InChI is InChI=1S/C28H23FN4O6S2/c1-18-25(17-31)27(24-12-7-20(16-30)14-26(24)40(3,35)36)33(41(37,38)23-10-8-22(39-2)9-11-23)28(34)32(18)21-6-4-5-19(13-21)15-29/h4-14,27H,15H2,1-3H3/t27-/m1/s1. The number of halogens is 1. The van der Waals surface area contributed by atoms with Crippen LogP contribution < -0.4 is 9.64 Å². The van der Waals surface area contributed by atoms with Gasteiger partial charge in [-0.2, -0.15) is 10.5 Å². The van der Waals surface area contributed by atoms with Crippen molar-refractivity contribution in [3.05, 3.63) is 94.7 Å². The SMILES string of the molecule is COc1ccc(S(=O)(=O)N2C(=O)N(c3cccc(CF)c3)C(C)=C(C#N)[C@H]2c2ccc(C#N)cc2S(C)(=O)=O)cc1.